The van der Waals surface area contributed by atoms with Crippen molar-refractivity contribution in [1.82, 2.24) is 14.8 Å². The quantitative estimate of drug-likeness (QED) is 0.812. The van der Waals surface area contributed by atoms with Gasteiger partial charge in [-0.1, -0.05) is 30.3 Å². The molecule has 1 unspecified atom stereocenters. The Morgan fingerprint density at radius 3 is 2.70 bits per heavy atom. The summed E-state index contributed by atoms with van der Waals surface area (Å²) in [5.74, 6) is 0.0536. The number of benzene rings is 1. The molecular formula is C21H25N3O3. The van der Waals surface area contributed by atoms with E-state index >= 15 is 0 Å². The summed E-state index contributed by atoms with van der Waals surface area (Å²) in [5.41, 5.74) is 1.37. The number of ether oxygens (including phenoxy) is 1. The van der Waals surface area contributed by atoms with E-state index in [9.17, 15) is 9.59 Å². The van der Waals surface area contributed by atoms with Crippen LogP contribution in [0.15, 0.2) is 48.7 Å². The number of nitrogens with one attached hydrogen (secondary N) is 1. The van der Waals surface area contributed by atoms with Crippen LogP contribution in [0.2, 0.25) is 0 Å². The molecule has 6 heteroatoms. The maximum absolute atomic E-state index is 12.9. The Bertz CT molecular complexity index is 826. The second-order valence-electron chi connectivity index (χ2n) is 7.35. The highest BCUT2D eigenvalue weighted by Crippen LogP contribution is 2.48. The molecule has 1 N–H and O–H groups in total. The molecule has 1 aliphatic carbocycles. The summed E-state index contributed by atoms with van der Waals surface area (Å²) >= 11 is 0. The van der Waals surface area contributed by atoms with Crippen molar-refractivity contribution in [2.24, 2.45) is 0 Å². The molecule has 2 aliphatic rings. The van der Waals surface area contributed by atoms with Gasteiger partial charge in [-0.2, -0.15) is 0 Å². The Morgan fingerprint density at radius 1 is 1.22 bits per heavy atom. The average Bonchev–Trinajstić information content (AvgIpc) is 3.38. The second-order valence-corrected chi connectivity index (χ2v) is 7.35. The Kier molecular flexibility index (Phi) is 4.74. The standard InChI is InChI=1S/C21H25N3O3/c1-27-13-12-24-17(15-23-11-5-8-18(23)19(24)25)14-22-20(26)21(9-10-21)16-6-3-2-4-7-16/h2-8,11,17H,9-10,12-15H2,1H3,(H,22,26). The third kappa shape index (κ3) is 3.25. The predicted octanol–water partition coefficient (Wildman–Crippen LogP) is 1.81. The maximum Gasteiger partial charge on any atom is 0.270 e. The minimum Gasteiger partial charge on any atom is -0.383 e. The van der Waals surface area contributed by atoms with Crippen molar-refractivity contribution in [1.29, 1.82) is 0 Å². The first-order valence-corrected chi connectivity index (χ1v) is 9.44. The summed E-state index contributed by atoms with van der Waals surface area (Å²) in [7, 11) is 1.63. The molecule has 1 aromatic heterocycles. The molecule has 4 rings (SSSR count). The fraction of sp³-hybridized carbons (Fsp3) is 0.429. The average molecular weight is 367 g/mol. The van der Waals surface area contributed by atoms with Gasteiger partial charge in [0.25, 0.3) is 5.91 Å². The van der Waals surface area contributed by atoms with Crippen LogP contribution in [0.4, 0.5) is 0 Å². The van der Waals surface area contributed by atoms with E-state index < -0.39 is 5.41 Å². The molecule has 2 heterocycles. The number of fused-ring (bicyclic) bond motifs is 1. The highest BCUT2D eigenvalue weighted by Gasteiger charge is 2.51. The number of aromatic nitrogens is 1. The van der Waals surface area contributed by atoms with Gasteiger partial charge in [0.1, 0.15) is 5.69 Å². The zero-order valence-corrected chi connectivity index (χ0v) is 15.6. The first-order valence-electron chi connectivity index (χ1n) is 9.44. The lowest BCUT2D eigenvalue weighted by atomic mass is 9.95. The van der Waals surface area contributed by atoms with Gasteiger partial charge < -0.3 is 19.5 Å². The topological polar surface area (TPSA) is 63.6 Å². The third-order valence-corrected chi connectivity index (χ3v) is 5.70. The zero-order valence-electron chi connectivity index (χ0n) is 15.6. The van der Waals surface area contributed by atoms with Gasteiger partial charge in [-0.05, 0) is 30.5 Å². The molecule has 0 radical (unpaired) electrons. The van der Waals surface area contributed by atoms with Crippen LogP contribution in [-0.4, -0.2) is 54.1 Å². The number of carbonyl (C=O) groups excluding carboxylic acids is 2. The van der Waals surface area contributed by atoms with Gasteiger partial charge in [0.2, 0.25) is 5.91 Å². The summed E-state index contributed by atoms with van der Waals surface area (Å²) in [6, 6.07) is 13.6. The van der Waals surface area contributed by atoms with Crippen molar-refractivity contribution in [3.8, 4) is 0 Å². The minimum absolute atomic E-state index is 0.00764. The van der Waals surface area contributed by atoms with E-state index in [-0.39, 0.29) is 17.9 Å². The summed E-state index contributed by atoms with van der Waals surface area (Å²) in [6.45, 7) is 2.12. The van der Waals surface area contributed by atoms with Gasteiger partial charge >= 0.3 is 0 Å². The molecule has 27 heavy (non-hydrogen) atoms. The van der Waals surface area contributed by atoms with Crippen molar-refractivity contribution in [2.75, 3.05) is 26.8 Å². The van der Waals surface area contributed by atoms with E-state index in [1.54, 1.807) is 7.11 Å². The number of methoxy groups -OCH3 is 1. The first kappa shape index (κ1) is 17.8. The number of nitrogens with zero attached hydrogens (tertiary/aromatic N) is 2. The molecule has 1 atom stereocenters. The summed E-state index contributed by atoms with van der Waals surface area (Å²) in [4.78, 5) is 27.5. The lowest BCUT2D eigenvalue weighted by molar-refractivity contribution is -0.123. The Labute approximate surface area is 159 Å². The minimum atomic E-state index is -0.393. The first-order chi connectivity index (χ1) is 13.2. The molecular weight excluding hydrogens is 342 g/mol. The normalized spacial score (nSPS) is 20.3. The van der Waals surface area contributed by atoms with Crippen LogP contribution >= 0.6 is 0 Å². The van der Waals surface area contributed by atoms with Gasteiger partial charge in [-0.3, -0.25) is 9.59 Å². The molecule has 1 aliphatic heterocycles. The molecule has 0 saturated heterocycles. The van der Waals surface area contributed by atoms with E-state index in [1.807, 2.05) is 58.1 Å². The predicted molar refractivity (Wildman–Crippen MR) is 101 cm³/mol. The summed E-state index contributed by atoms with van der Waals surface area (Å²) < 4.78 is 7.14. The molecule has 0 spiro atoms. The molecule has 2 amide bonds. The van der Waals surface area contributed by atoms with Gasteiger partial charge in [0, 0.05) is 32.9 Å². The summed E-state index contributed by atoms with van der Waals surface area (Å²) in [5, 5.41) is 3.12. The van der Waals surface area contributed by atoms with Crippen LogP contribution in [0.25, 0.3) is 0 Å². The zero-order chi connectivity index (χ0) is 18.9. The van der Waals surface area contributed by atoms with Gasteiger partial charge in [-0.25, -0.2) is 0 Å². The van der Waals surface area contributed by atoms with Crippen LogP contribution in [0.1, 0.15) is 28.9 Å². The highest BCUT2D eigenvalue weighted by molar-refractivity contribution is 5.94. The van der Waals surface area contributed by atoms with E-state index in [4.69, 9.17) is 4.74 Å². The molecule has 1 aromatic carbocycles. The number of carbonyl (C=O) groups is 2. The van der Waals surface area contributed by atoms with Gasteiger partial charge in [-0.15, -0.1) is 0 Å². The Hall–Kier alpha value is -2.60. The van der Waals surface area contributed by atoms with Crippen molar-refractivity contribution in [3.05, 3.63) is 59.9 Å². The molecule has 142 valence electrons. The van der Waals surface area contributed by atoms with Crippen molar-refractivity contribution in [2.45, 2.75) is 30.8 Å². The Balaban J connectivity index is 1.46. The van der Waals surface area contributed by atoms with E-state index in [0.717, 1.165) is 18.4 Å². The SMILES string of the molecule is COCCN1C(=O)c2cccn2CC1CNC(=O)C1(c2ccccc2)CC1. The molecule has 0 bridgehead atoms. The van der Waals surface area contributed by atoms with Gasteiger partial charge in [0.15, 0.2) is 0 Å². The Morgan fingerprint density at radius 2 is 2.00 bits per heavy atom. The monoisotopic (exact) mass is 367 g/mol. The van der Waals surface area contributed by atoms with Crippen LogP contribution in [0, 0.1) is 0 Å². The van der Waals surface area contributed by atoms with E-state index in [1.165, 1.54) is 0 Å². The molecule has 6 nitrogen and oxygen atoms in total. The lowest BCUT2D eigenvalue weighted by Crippen LogP contribution is -2.54. The van der Waals surface area contributed by atoms with Crippen LogP contribution in [-0.2, 0) is 21.5 Å². The number of hydrogen-bond donors (Lipinski definition) is 1. The number of rotatable bonds is 7. The molecule has 1 fully saturated rings. The van der Waals surface area contributed by atoms with Gasteiger partial charge in [0.05, 0.1) is 18.1 Å². The number of hydrogen-bond acceptors (Lipinski definition) is 3. The van der Waals surface area contributed by atoms with Crippen molar-refractivity contribution in [3.63, 3.8) is 0 Å². The van der Waals surface area contributed by atoms with Crippen molar-refractivity contribution < 1.29 is 14.3 Å². The fourth-order valence-corrected chi connectivity index (χ4v) is 3.96. The summed E-state index contributed by atoms with van der Waals surface area (Å²) in [6.07, 6.45) is 3.67. The van der Waals surface area contributed by atoms with Crippen LogP contribution in [0.5, 0.6) is 0 Å². The van der Waals surface area contributed by atoms with Crippen LogP contribution < -0.4 is 5.32 Å². The fourth-order valence-electron chi connectivity index (χ4n) is 3.96. The van der Waals surface area contributed by atoms with E-state index in [0.29, 0.717) is 31.9 Å². The van der Waals surface area contributed by atoms with Crippen molar-refractivity contribution >= 4 is 11.8 Å². The lowest BCUT2D eigenvalue weighted by Gasteiger charge is -2.37. The third-order valence-electron chi connectivity index (χ3n) is 5.70. The van der Waals surface area contributed by atoms with E-state index in [2.05, 4.69) is 5.32 Å². The largest absolute Gasteiger partial charge is 0.383 e. The maximum atomic E-state index is 12.9. The second kappa shape index (κ2) is 7.19. The smallest absolute Gasteiger partial charge is 0.270 e. The number of amides is 2. The molecule has 2 aromatic rings. The molecule has 1 saturated carbocycles. The highest BCUT2D eigenvalue weighted by atomic mass is 16.5. The van der Waals surface area contributed by atoms with Crippen LogP contribution in [0.3, 0.4) is 0 Å².